The summed E-state index contributed by atoms with van der Waals surface area (Å²) >= 11 is 3.49. The van der Waals surface area contributed by atoms with Gasteiger partial charge in [0.25, 0.3) is 0 Å². The molecule has 1 rings (SSSR count). The van der Waals surface area contributed by atoms with Gasteiger partial charge in [-0.15, -0.1) is 0 Å². The highest BCUT2D eigenvalue weighted by Gasteiger charge is 2.16. The van der Waals surface area contributed by atoms with E-state index in [2.05, 4.69) is 15.9 Å². The Labute approximate surface area is 70.9 Å². The smallest absolute Gasteiger partial charge is 0.0665 e. The maximum Gasteiger partial charge on any atom is 0.0665 e. The van der Waals surface area contributed by atoms with Gasteiger partial charge >= 0.3 is 0 Å². The van der Waals surface area contributed by atoms with Gasteiger partial charge in [0.05, 0.1) is 6.10 Å². The summed E-state index contributed by atoms with van der Waals surface area (Å²) in [5.74, 6) is 0. The Morgan fingerprint density at radius 3 is 2.30 bits per heavy atom. The third-order valence-electron chi connectivity index (χ3n) is 2.15. The quantitative estimate of drug-likeness (QED) is 0.605. The third kappa shape index (κ3) is 2.59. The van der Waals surface area contributed by atoms with E-state index in [0.717, 1.165) is 12.8 Å². The number of hydrogen-bond acceptors (Lipinski definition) is 1. The van der Waals surface area contributed by atoms with Crippen LogP contribution in [0, 0.1) is 0 Å². The van der Waals surface area contributed by atoms with Crippen LogP contribution in [0.5, 0.6) is 0 Å². The average molecular weight is 207 g/mol. The second kappa shape index (κ2) is 4.35. The summed E-state index contributed by atoms with van der Waals surface area (Å²) in [7, 11) is 0. The monoisotopic (exact) mass is 206 g/mol. The predicted octanol–water partition coefficient (Wildman–Crippen LogP) is 2.47. The minimum atomic E-state index is -0.0969. The first-order valence-corrected chi connectivity index (χ1v) is 5.04. The molecule has 0 heterocycles. The van der Waals surface area contributed by atoms with E-state index < -0.39 is 0 Å². The molecule has 1 aliphatic carbocycles. The molecule has 60 valence electrons. The molecule has 0 spiro atoms. The van der Waals surface area contributed by atoms with Crippen molar-refractivity contribution in [1.82, 2.24) is 0 Å². The van der Waals surface area contributed by atoms with Gasteiger partial charge in [0, 0.05) is 4.83 Å². The Balaban J connectivity index is 2.28. The van der Waals surface area contributed by atoms with Gasteiger partial charge in [-0.3, -0.25) is 0 Å². The molecule has 0 amide bonds. The van der Waals surface area contributed by atoms with Crippen LogP contribution in [-0.4, -0.2) is 16.0 Å². The Morgan fingerprint density at radius 1 is 1.00 bits per heavy atom. The maximum atomic E-state index is 9.44. The molecule has 2 atom stereocenters. The molecule has 0 radical (unpaired) electrons. The zero-order chi connectivity index (χ0) is 7.40. The Morgan fingerprint density at radius 2 is 1.60 bits per heavy atom. The Bertz CT molecular complexity index is 83.3. The van der Waals surface area contributed by atoms with E-state index in [-0.39, 0.29) is 6.10 Å². The fraction of sp³-hybridized carbons (Fsp3) is 1.00. The van der Waals surface area contributed by atoms with Gasteiger partial charge in [0.1, 0.15) is 0 Å². The highest BCUT2D eigenvalue weighted by atomic mass is 79.9. The van der Waals surface area contributed by atoms with Gasteiger partial charge in [-0.1, -0.05) is 41.6 Å². The molecule has 1 N–H and O–H groups in total. The topological polar surface area (TPSA) is 20.2 Å². The molecule has 1 aliphatic rings. The van der Waals surface area contributed by atoms with E-state index in [1.807, 2.05) is 0 Å². The van der Waals surface area contributed by atoms with E-state index in [0.29, 0.717) is 4.83 Å². The van der Waals surface area contributed by atoms with Crippen molar-refractivity contribution in [3.8, 4) is 0 Å². The average Bonchev–Trinajstić information content (AvgIpc) is 1.92. The molecule has 0 aromatic rings. The number of rotatable bonds is 0. The summed E-state index contributed by atoms with van der Waals surface area (Å²) in [5, 5.41) is 9.44. The third-order valence-corrected chi connectivity index (χ3v) is 3.22. The fourth-order valence-electron chi connectivity index (χ4n) is 1.42. The Hall–Kier alpha value is 0.440. The lowest BCUT2D eigenvalue weighted by Gasteiger charge is -2.19. The maximum absolute atomic E-state index is 9.44. The molecule has 10 heavy (non-hydrogen) atoms. The van der Waals surface area contributed by atoms with Gasteiger partial charge in [0.2, 0.25) is 0 Å². The summed E-state index contributed by atoms with van der Waals surface area (Å²) in [4.78, 5) is 0.354. The van der Waals surface area contributed by atoms with Gasteiger partial charge in [0.15, 0.2) is 0 Å². The van der Waals surface area contributed by atoms with Gasteiger partial charge in [-0.25, -0.2) is 0 Å². The molecule has 0 aliphatic heterocycles. The normalized spacial score (nSPS) is 36.6. The van der Waals surface area contributed by atoms with Crippen molar-refractivity contribution in [2.75, 3.05) is 0 Å². The largest absolute Gasteiger partial charge is 0.392 e. The number of halogens is 1. The molecule has 1 unspecified atom stereocenters. The summed E-state index contributed by atoms with van der Waals surface area (Å²) in [6.45, 7) is 0. The molecular weight excluding hydrogens is 192 g/mol. The van der Waals surface area contributed by atoms with Crippen molar-refractivity contribution >= 4 is 15.9 Å². The second-order valence-corrected chi connectivity index (χ2v) is 4.25. The first-order valence-electron chi connectivity index (χ1n) is 4.13. The summed E-state index contributed by atoms with van der Waals surface area (Å²) in [6.07, 6.45) is 7.14. The van der Waals surface area contributed by atoms with Crippen LogP contribution in [0.25, 0.3) is 0 Å². The second-order valence-electron chi connectivity index (χ2n) is 3.07. The van der Waals surface area contributed by atoms with E-state index in [1.165, 1.54) is 25.7 Å². The highest BCUT2D eigenvalue weighted by molar-refractivity contribution is 9.09. The van der Waals surface area contributed by atoms with E-state index in [9.17, 15) is 5.11 Å². The zero-order valence-corrected chi connectivity index (χ0v) is 7.81. The van der Waals surface area contributed by atoms with E-state index >= 15 is 0 Å². The summed E-state index contributed by atoms with van der Waals surface area (Å²) in [6, 6.07) is 0. The zero-order valence-electron chi connectivity index (χ0n) is 6.22. The molecule has 0 aromatic carbocycles. The minimum absolute atomic E-state index is 0.0969. The number of aliphatic hydroxyl groups excluding tert-OH is 1. The first kappa shape index (κ1) is 8.54. The van der Waals surface area contributed by atoms with Crippen LogP contribution in [0.2, 0.25) is 0 Å². The van der Waals surface area contributed by atoms with E-state index in [1.54, 1.807) is 0 Å². The van der Waals surface area contributed by atoms with Gasteiger partial charge in [-0.05, 0) is 12.8 Å². The Kier molecular flexibility index (Phi) is 3.71. The molecular formula is C8H15BrO. The van der Waals surface area contributed by atoms with Crippen LogP contribution in [0.1, 0.15) is 38.5 Å². The van der Waals surface area contributed by atoms with Crippen LogP contribution >= 0.6 is 15.9 Å². The molecule has 1 fully saturated rings. The van der Waals surface area contributed by atoms with Crippen molar-refractivity contribution in [3.63, 3.8) is 0 Å². The van der Waals surface area contributed by atoms with Crippen molar-refractivity contribution in [2.45, 2.75) is 49.5 Å². The van der Waals surface area contributed by atoms with Gasteiger partial charge in [-0.2, -0.15) is 0 Å². The van der Waals surface area contributed by atoms with Crippen molar-refractivity contribution in [1.29, 1.82) is 0 Å². The summed E-state index contributed by atoms with van der Waals surface area (Å²) < 4.78 is 0. The van der Waals surface area contributed by atoms with E-state index in [4.69, 9.17) is 0 Å². The molecule has 1 saturated carbocycles. The lowest BCUT2D eigenvalue weighted by atomic mass is 9.99. The fourth-order valence-corrected chi connectivity index (χ4v) is 2.01. The number of alkyl halides is 1. The van der Waals surface area contributed by atoms with Crippen molar-refractivity contribution < 1.29 is 5.11 Å². The summed E-state index contributed by atoms with van der Waals surface area (Å²) in [5.41, 5.74) is 0. The van der Waals surface area contributed by atoms with Crippen molar-refractivity contribution in [3.05, 3.63) is 0 Å². The van der Waals surface area contributed by atoms with Crippen LogP contribution in [0.15, 0.2) is 0 Å². The van der Waals surface area contributed by atoms with Crippen LogP contribution in [0.4, 0.5) is 0 Å². The lowest BCUT2D eigenvalue weighted by Crippen LogP contribution is -2.21. The van der Waals surface area contributed by atoms with Gasteiger partial charge < -0.3 is 5.11 Å². The molecule has 0 saturated heterocycles. The predicted molar refractivity (Wildman–Crippen MR) is 46.4 cm³/mol. The van der Waals surface area contributed by atoms with Crippen molar-refractivity contribution in [2.24, 2.45) is 0 Å². The van der Waals surface area contributed by atoms with Crippen LogP contribution < -0.4 is 0 Å². The van der Waals surface area contributed by atoms with Crippen LogP contribution in [0.3, 0.4) is 0 Å². The lowest BCUT2D eigenvalue weighted by molar-refractivity contribution is 0.150. The SMILES string of the molecule is O[C@@H]1CCCCCCC1Br. The molecule has 0 aromatic heterocycles. The van der Waals surface area contributed by atoms with Crippen LogP contribution in [-0.2, 0) is 0 Å². The standard InChI is InChI=1S/C8H15BrO/c9-7-5-3-1-2-4-6-8(7)10/h7-8,10H,1-6H2/t7?,8-/m1/s1. The molecule has 2 heteroatoms. The highest BCUT2D eigenvalue weighted by Crippen LogP contribution is 2.22. The number of aliphatic hydroxyl groups is 1. The first-order chi connectivity index (χ1) is 4.80. The molecule has 1 nitrogen and oxygen atoms in total. The number of hydrogen-bond donors (Lipinski definition) is 1. The minimum Gasteiger partial charge on any atom is -0.392 e. The molecule has 0 bridgehead atoms.